The van der Waals surface area contributed by atoms with E-state index in [1.807, 2.05) is 0 Å². The zero-order valence-corrected chi connectivity index (χ0v) is 12.7. The second-order valence-electron chi connectivity index (χ2n) is 3.82. The van der Waals surface area contributed by atoms with Gasteiger partial charge in [-0.3, -0.25) is 0 Å². The van der Waals surface area contributed by atoms with Crippen LogP contribution in [0.15, 0.2) is 24.3 Å². The first kappa shape index (κ1) is 20.7. The molecule has 0 spiro atoms. The maximum atomic E-state index is 10.6. The van der Waals surface area contributed by atoms with Crippen molar-refractivity contribution in [3.8, 4) is 0 Å². The molecule has 0 heterocycles. The molecule has 0 aromatic carbocycles. The summed E-state index contributed by atoms with van der Waals surface area (Å²) in [5, 5.41) is 0. The highest BCUT2D eigenvalue weighted by Crippen LogP contribution is 1.91. The zero-order valence-electron chi connectivity index (χ0n) is 12.7. The molecule has 0 saturated heterocycles. The van der Waals surface area contributed by atoms with Crippen molar-refractivity contribution in [2.24, 2.45) is 0 Å². The lowest BCUT2D eigenvalue weighted by molar-refractivity contribution is -0.141. The fraction of sp³-hybridized carbons (Fsp3) is 0.571. The van der Waals surface area contributed by atoms with Gasteiger partial charge in [-0.2, -0.15) is 0 Å². The number of esters is 2. The third-order valence-electron chi connectivity index (χ3n) is 1.74. The molecule has 0 aromatic heterocycles. The summed E-state index contributed by atoms with van der Waals surface area (Å²) in [6, 6.07) is 0. The molecular formula is C14H24O6. The van der Waals surface area contributed by atoms with E-state index in [1.165, 1.54) is 0 Å². The molecule has 0 aliphatic carbocycles. The van der Waals surface area contributed by atoms with Gasteiger partial charge in [0.2, 0.25) is 0 Å². The van der Waals surface area contributed by atoms with Crippen molar-refractivity contribution in [1.82, 2.24) is 0 Å². The molecule has 0 amide bonds. The number of hydrogen-bond acceptors (Lipinski definition) is 6. The van der Waals surface area contributed by atoms with E-state index in [4.69, 9.17) is 0 Å². The van der Waals surface area contributed by atoms with Gasteiger partial charge in [-0.1, -0.05) is 13.2 Å². The standard InChI is InChI=1S/2C7H12O3/c2*1-6(2)7(8)10-5-4-9-3/h2*1,4-5H2,2-3H3. The summed E-state index contributed by atoms with van der Waals surface area (Å²) in [5.41, 5.74) is 0.826. The van der Waals surface area contributed by atoms with E-state index in [1.54, 1.807) is 28.1 Å². The molecule has 0 saturated carbocycles. The fourth-order valence-corrected chi connectivity index (χ4v) is 0.682. The number of carbonyl (C=O) groups is 2. The molecule has 0 aromatic rings. The Kier molecular flexibility index (Phi) is 14.2. The first-order chi connectivity index (χ1) is 9.36. The van der Waals surface area contributed by atoms with E-state index >= 15 is 0 Å². The largest absolute Gasteiger partial charge is 0.460 e. The van der Waals surface area contributed by atoms with E-state index in [-0.39, 0.29) is 11.9 Å². The summed E-state index contributed by atoms with van der Waals surface area (Å²) >= 11 is 0. The molecule has 6 nitrogen and oxygen atoms in total. The minimum absolute atomic E-state index is 0.294. The average Bonchev–Trinajstić information content (AvgIpc) is 2.39. The lowest BCUT2D eigenvalue weighted by atomic mass is 10.4. The second-order valence-corrected chi connectivity index (χ2v) is 3.82. The quantitative estimate of drug-likeness (QED) is 0.383. The van der Waals surface area contributed by atoms with Crippen molar-refractivity contribution in [2.75, 3.05) is 40.6 Å². The van der Waals surface area contributed by atoms with Crippen LogP contribution in [-0.2, 0) is 28.5 Å². The van der Waals surface area contributed by atoms with Crippen LogP contribution in [0.1, 0.15) is 13.8 Å². The third kappa shape index (κ3) is 14.4. The van der Waals surface area contributed by atoms with Gasteiger partial charge in [0.25, 0.3) is 0 Å². The summed E-state index contributed by atoms with van der Waals surface area (Å²) in [6.07, 6.45) is 0. The smallest absolute Gasteiger partial charge is 0.333 e. The second kappa shape index (κ2) is 13.8. The van der Waals surface area contributed by atoms with E-state index < -0.39 is 0 Å². The number of carbonyl (C=O) groups excluding carboxylic acids is 2. The Balaban J connectivity index is 0. The number of rotatable bonds is 8. The predicted molar refractivity (Wildman–Crippen MR) is 75.3 cm³/mol. The van der Waals surface area contributed by atoms with Crippen LogP contribution in [0.25, 0.3) is 0 Å². The number of ether oxygens (including phenoxy) is 4. The van der Waals surface area contributed by atoms with Gasteiger partial charge < -0.3 is 18.9 Å². The van der Waals surface area contributed by atoms with Gasteiger partial charge in [0.1, 0.15) is 13.2 Å². The molecular weight excluding hydrogens is 264 g/mol. The average molecular weight is 288 g/mol. The van der Waals surface area contributed by atoms with Crippen LogP contribution in [0.2, 0.25) is 0 Å². The van der Waals surface area contributed by atoms with Crippen LogP contribution in [-0.4, -0.2) is 52.6 Å². The predicted octanol–water partition coefficient (Wildman–Crippen LogP) is 1.50. The van der Waals surface area contributed by atoms with Crippen LogP contribution in [0.3, 0.4) is 0 Å². The lowest BCUT2D eigenvalue weighted by Gasteiger charge is -2.01. The number of hydrogen-bond donors (Lipinski definition) is 0. The summed E-state index contributed by atoms with van der Waals surface area (Å²) < 4.78 is 18.7. The highest BCUT2D eigenvalue weighted by molar-refractivity contribution is 5.87. The number of methoxy groups -OCH3 is 2. The van der Waals surface area contributed by atoms with Crippen molar-refractivity contribution < 1.29 is 28.5 Å². The Morgan fingerprint density at radius 3 is 1.25 bits per heavy atom. The molecule has 116 valence electrons. The summed E-state index contributed by atoms with van der Waals surface area (Å²) in [4.78, 5) is 21.3. The molecule has 0 fully saturated rings. The van der Waals surface area contributed by atoms with E-state index in [0.29, 0.717) is 37.6 Å². The van der Waals surface area contributed by atoms with Crippen molar-refractivity contribution in [2.45, 2.75) is 13.8 Å². The van der Waals surface area contributed by atoms with E-state index in [0.717, 1.165) is 0 Å². The molecule has 0 aliphatic heterocycles. The monoisotopic (exact) mass is 288 g/mol. The van der Waals surface area contributed by atoms with Gasteiger partial charge in [-0.05, 0) is 13.8 Å². The van der Waals surface area contributed by atoms with Crippen LogP contribution < -0.4 is 0 Å². The zero-order chi connectivity index (χ0) is 16.0. The molecule has 0 aliphatic rings. The van der Waals surface area contributed by atoms with Crippen molar-refractivity contribution >= 4 is 11.9 Å². The van der Waals surface area contributed by atoms with Gasteiger partial charge in [-0.15, -0.1) is 0 Å². The fourth-order valence-electron chi connectivity index (χ4n) is 0.682. The SMILES string of the molecule is C=C(C)C(=O)OCCOC.C=C(C)C(=O)OCCOC. The third-order valence-corrected chi connectivity index (χ3v) is 1.74. The van der Waals surface area contributed by atoms with Crippen LogP contribution >= 0.6 is 0 Å². The Morgan fingerprint density at radius 2 is 1.05 bits per heavy atom. The summed E-state index contributed by atoms with van der Waals surface area (Å²) in [5.74, 6) is -0.728. The topological polar surface area (TPSA) is 71.1 Å². The van der Waals surface area contributed by atoms with Crippen molar-refractivity contribution in [1.29, 1.82) is 0 Å². The maximum absolute atomic E-state index is 10.6. The summed E-state index contributed by atoms with van der Waals surface area (Å²) in [6.45, 7) is 11.5. The van der Waals surface area contributed by atoms with Crippen LogP contribution in [0.5, 0.6) is 0 Å². The Bertz CT molecular complexity index is 290. The van der Waals surface area contributed by atoms with E-state index in [2.05, 4.69) is 32.1 Å². The Hall–Kier alpha value is -1.66. The molecule has 0 N–H and O–H groups in total. The molecule has 0 bridgehead atoms. The highest BCUT2D eigenvalue weighted by Gasteiger charge is 2.01. The Labute approximate surface area is 120 Å². The molecule has 6 heteroatoms. The molecule has 0 unspecified atom stereocenters. The lowest BCUT2D eigenvalue weighted by Crippen LogP contribution is -2.09. The van der Waals surface area contributed by atoms with Gasteiger partial charge >= 0.3 is 11.9 Å². The minimum atomic E-state index is -0.364. The van der Waals surface area contributed by atoms with Gasteiger partial charge in [0.15, 0.2) is 0 Å². The Morgan fingerprint density at radius 1 is 0.750 bits per heavy atom. The van der Waals surface area contributed by atoms with Crippen molar-refractivity contribution in [3.63, 3.8) is 0 Å². The molecule has 0 radical (unpaired) electrons. The molecule has 0 rings (SSSR count). The maximum Gasteiger partial charge on any atom is 0.333 e. The van der Waals surface area contributed by atoms with Gasteiger partial charge in [-0.25, -0.2) is 9.59 Å². The summed E-state index contributed by atoms with van der Waals surface area (Å²) in [7, 11) is 3.10. The first-order valence-electron chi connectivity index (χ1n) is 5.99. The van der Waals surface area contributed by atoms with Crippen molar-refractivity contribution in [3.05, 3.63) is 24.3 Å². The van der Waals surface area contributed by atoms with Crippen LogP contribution in [0, 0.1) is 0 Å². The van der Waals surface area contributed by atoms with Gasteiger partial charge in [0, 0.05) is 25.4 Å². The minimum Gasteiger partial charge on any atom is -0.460 e. The van der Waals surface area contributed by atoms with Gasteiger partial charge in [0.05, 0.1) is 13.2 Å². The molecule has 0 atom stereocenters. The first-order valence-corrected chi connectivity index (χ1v) is 5.99. The highest BCUT2D eigenvalue weighted by atomic mass is 16.6. The van der Waals surface area contributed by atoms with E-state index in [9.17, 15) is 9.59 Å². The normalized spacial score (nSPS) is 9.00. The molecule has 20 heavy (non-hydrogen) atoms. The van der Waals surface area contributed by atoms with Crippen LogP contribution in [0.4, 0.5) is 0 Å².